The maximum absolute atomic E-state index is 13.2. The number of aromatic amines is 1. The SMILES string of the molecule is CCOC(=O)c1ccc(S(=O)(=O)N2CCN(C(=O)c3ccc(-c4nc5sc(C)c(CC)c5c(=O)[nH]4)cc3)CC2)cc1. The molecular weight excluding hydrogens is 564 g/mol. The van der Waals surface area contributed by atoms with Crippen molar-refractivity contribution in [1.29, 1.82) is 0 Å². The second-order valence-electron chi connectivity index (χ2n) is 9.60. The standard InChI is InChI=1S/C29H30N4O6S2/c1-4-23-18(3)40-27-24(23)26(34)30-25(31-27)19-6-8-20(9-7-19)28(35)32-14-16-33(17-15-32)41(37,38)22-12-10-21(11-13-22)29(36)39-5-2/h6-13H,4-5,14-17H2,1-3H3,(H,30,31,34). The zero-order valence-corrected chi connectivity index (χ0v) is 24.6. The van der Waals surface area contributed by atoms with E-state index in [1.807, 2.05) is 13.8 Å². The van der Waals surface area contributed by atoms with Crippen LogP contribution < -0.4 is 5.56 Å². The first kappa shape index (κ1) is 28.7. The van der Waals surface area contributed by atoms with E-state index < -0.39 is 16.0 Å². The smallest absolute Gasteiger partial charge is 0.338 e. The van der Waals surface area contributed by atoms with Gasteiger partial charge in [0.1, 0.15) is 10.7 Å². The average Bonchev–Trinajstić information content (AvgIpc) is 3.32. The van der Waals surface area contributed by atoms with E-state index in [0.717, 1.165) is 16.9 Å². The van der Waals surface area contributed by atoms with Crippen molar-refractivity contribution in [3.8, 4) is 11.4 Å². The van der Waals surface area contributed by atoms with Gasteiger partial charge in [0.15, 0.2) is 0 Å². The molecule has 2 aromatic carbocycles. The molecule has 1 aliphatic rings. The van der Waals surface area contributed by atoms with Crippen molar-refractivity contribution in [3.63, 3.8) is 0 Å². The predicted octanol–water partition coefficient (Wildman–Crippen LogP) is 3.85. The van der Waals surface area contributed by atoms with Gasteiger partial charge in [0.05, 0.1) is 22.5 Å². The van der Waals surface area contributed by atoms with Crippen LogP contribution in [-0.2, 0) is 21.2 Å². The van der Waals surface area contributed by atoms with E-state index in [1.54, 1.807) is 36.1 Å². The van der Waals surface area contributed by atoms with Crippen LogP contribution in [0, 0.1) is 6.92 Å². The number of hydrogen-bond acceptors (Lipinski definition) is 8. The third-order valence-corrected chi connectivity index (χ3v) is 10.1. The number of aromatic nitrogens is 2. The largest absolute Gasteiger partial charge is 0.462 e. The molecule has 0 spiro atoms. The molecule has 3 heterocycles. The van der Waals surface area contributed by atoms with Crippen molar-refractivity contribution in [2.45, 2.75) is 32.1 Å². The molecule has 1 N–H and O–H groups in total. The Morgan fingerprint density at radius 1 is 0.976 bits per heavy atom. The summed E-state index contributed by atoms with van der Waals surface area (Å²) in [7, 11) is -3.78. The Bertz CT molecular complexity index is 1770. The molecule has 10 nitrogen and oxygen atoms in total. The number of sulfonamides is 1. The van der Waals surface area contributed by atoms with Crippen molar-refractivity contribution in [2.75, 3.05) is 32.8 Å². The van der Waals surface area contributed by atoms with E-state index in [4.69, 9.17) is 4.74 Å². The quantitative estimate of drug-likeness (QED) is 0.322. The Morgan fingerprint density at radius 2 is 1.61 bits per heavy atom. The number of esters is 1. The molecule has 0 atom stereocenters. The molecular formula is C29H30N4O6S2. The number of thiophene rings is 1. The molecule has 0 unspecified atom stereocenters. The highest BCUT2D eigenvalue weighted by Crippen LogP contribution is 2.29. The summed E-state index contributed by atoms with van der Waals surface area (Å²) in [4.78, 5) is 48.8. The number of H-pyrrole nitrogens is 1. The number of ether oxygens (including phenoxy) is 1. The fourth-order valence-corrected chi connectivity index (χ4v) is 7.49. The molecule has 0 bridgehead atoms. The van der Waals surface area contributed by atoms with E-state index in [1.165, 1.54) is 39.9 Å². The van der Waals surface area contributed by atoms with Crippen LogP contribution in [0.4, 0.5) is 0 Å². The van der Waals surface area contributed by atoms with E-state index in [-0.39, 0.29) is 54.7 Å². The lowest BCUT2D eigenvalue weighted by Crippen LogP contribution is -2.50. The second-order valence-corrected chi connectivity index (χ2v) is 12.7. The van der Waals surface area contributed by atoms with Crippen LogP contribution >= 0.6 is 11.3 Å². The van der Waals surface area contributed by atoms with Crippen molar-refractivity contribution in [2.24, 2.45) is 0 Å². The van der Waals surface area contributed by atoms with Crippen LogP contribution in [0.25, 0.3) is 21.6 Å². The predicted molar refractivity (Wildman–Crippen MR) is 157 cm³/mol. The lowest BCUT2D eigenvalue weighted by molar-refractivity contribution is 0.0526. The topological polar surface area (TPSA) is 130 Å². The Morgan fingerprint density at radius 3 is 2.22 bits per heavy atom. The van der Waals surface area contributed by atoms with Gasteiger partial charge in [0.25, 0.3) is 11.5 Å². The third kappa shape index (κ3) is 5.54. The van der Waals surface area contributed by atoms with Crippen molar-refractivity contribution >= 4 is 43.5 Å². The highest BCUT2D eigenvalue weighted by Gasteiger charge is 2.30. The van der Waals surface area contributed by atoms with Gasteiger partial charge in [-0.2, -0.15) is 4.31 Å². The highest BCUT2D eigenvalue weighted by molar-refractivity contribution is 7.89. The number of hydrogen-bond donors (Lipinski definition) is 1. The summed E-state index contributed by atoms with van der Waals surface area (Å²) in [5.74, 6) is -0.268. The molecule has 5 rings (SSSR count). The summed E-state index contributed by atoms with van der Waals surface area (Å²) in [6.45, 7) is 6.72. The number of piperazine rings is 1. The van der Waals surface area contributed by atoms with Gasteiger partial charge in [-0.25, -0.2) is 18.2 Å². The van der Waals surface area contributed by atoms with Gasteiger partial charge in [-0.15, -0.1) is 11.3 Å². The maximum Gasteiger partial charge on any atom is 0.338 e. The van der Waals surface area contributed by atoms with E-state index in [9.17, 15) is 22.8 Å². The van der Waals surface area contributed by atoms with Crippen LogP contribution in [0.3, 0.4) is 0 Å². The molecule has 0 radical (unpaired) electrons. The number of nitrogens with one attached hydrogen (secondary N) is 1. The number of aryl methyl sites for hydroxylation is 2. The Hall–Kier alpha value is -3.87. The number of fused-ring (bicyclic) bond motifs is 1. The number of nitrogens with zero attached hydrogens (tertiary/aromatic N) is 3. The number of rotatable bonds is 7. The summed E-state index contributed by atoms with van der Waals surface area (Å²) in [6.07, 6.45) is 0.761. The van der Waals surface area contributed by atoms with Gasteiger partial charge in [-0.3, -0.25) is 9.59 Å². The molecule has 1 fully saturated rings. The van der Waals surface area contributed by atoms with Gasteiger partial charge in [-0.1, -0.05) is 19.1 Å². The molecule has 0 saturated carbocycles. The van der Waals surface area contributed by atoms with Crippen molar-refractivity contribution < 1.29 is 22.7 Å². The number of benzene rings is 2. The van der Waals surface area contributed by atoms with Crippen LogP contribution in [0.5, 0.6) is 0 Å². The van der Waals surface area contributed by atoms with E-state index in [2.05, 4.69) is 9.97 Å². The zero-order chi connectivity index (χ0) is 29.3. The maximum atomic E-state index is 13.2. The van der Waals surface area contributed by atoms with Gasteiger partial charge >= 0.3 is 5.97 Å². The number of carbonyl (C=O) groups excluding carboxylic acids is 2. The molecule has 1 saturated heterocycles. The van der Waals surface area contributed by atoms with E-state index in [0.29, 0.717) is 27.2 Å². The minimum absolute atomic E-state index is 0.0781. The summed E-state index contributed by atoms with van der Waals surface area (Å²) < 4.78 is 32.5. The minimum atomic E-state index is -3.78. The van der Waals surface area contributed by atoms with Crippen LogP contribution in [0.1, 0.15) is 45.0 Å². The summed E-state index contributed by atoms with van der Waals surface area (Å²) in [5, 5.41) is 0.639. The lowest BCUT2D eigenvalue weighted by atomic mass is 10.1. The molecule has 1 aliphatic heterocycles. The Kier molecular flexibility index (Phi) is 8.07. The number of carbonyl (C=O) groups is 2. The van der Waals surface area contributed by atoms with Crippen molar-refractivity contribution in [3.05, 3.63) is 80.5 Å². The summed E-state index contributed by atoms with van der Waals surface area (Å²) in [6, 6.07) is 12.5. The lowest BCUT2D eigenvalue weighted by Gasteiger charge is -2.34. The van der Waals surface area contributed by atoms with Crippen molar-refractivity contribution in [1.82, 2.24) is 19.2 Å². The van der Waals surface area contributed by atoms with Gasteiger partial charge < -0.3 is 14.6 Å². The van der Waals surface area contributed by atoms with Crippen LogP contribution in [0.2, 0.25) is 0 Å². The molecule has 214 valence electrons. The van der Waals surface area contributed by atoms with Gasteiger partial charge in [0.2, 0.25) is 10.0 Å². The first-order chi connectivity index (χ1) is 19.6. The Labute approximate surface area is 241 Å². The fourth-order valence-electron chi connectivity index (χ4n) is 4.95. The van der Waals surface area contributed by atoms with Gasteiger partial charge in [-0.05, 0) is 62.2 Å². The summed E-state index contributed by atoms with van der Waals surface area (Å²) >= 11 is 1.50. The molecule has 4 aromatic rings. The van der Waals surface area contributed by atoms with E-state index >= 15 is 0 Å². The monoisotopic (exact) mass is 594 g/mol. The zero-order valence-electron chi connectivity index (χ0n) is 23.0. The number of amides is 1. The summed E-state index contributed by atoms with van der Waals surface area (Å²) in [5.41, 5.74) is 2.28. The first-order valence-corrected chi connectivity index (χ1v) is 15.6. The van der Waals surface area contributed by atoms with Crippen LogP contribution in [0.15, 0.2) is 58.2 Å². The molecule has 2 aromatic heterocycles. The average molecular weight is 595 g/mol. The molecule has 0 aliphatic carbocycles. The Balaban J connectivity index is 1.25. The molecule has 12 heteroatoms. The van der Waals surface area contributed by atoms with Gasteiger partial charge in [0, 0.05) is 42.2 Å². The first-order valence-electron chi connectivity index (χ1n) is 13.3. The highest BCUT2D eigenvalue weighted by atomic mass is 32.2. The minimum Gasteiger partial charge on any atom is -0.462 e. The van der Waals surface area contributed by atoms with Crippen LogP contribution in [-0.4, -0.2) is 72.3 Å². The molecule has 41 heavy (non-hydrogen) atoms. The fraction of sp³-hybridized carbons (Fsp3) is 0.310. The normalized spacial score (nSPS) is 14.4. The second kappa shape index (κ2) is 11.6. The molecule has 1 amide bonds. The third-order valence-electron chi connectivity index (χ3n) is 7.15.